The molecule has 0 bridgehead atoms. The van der Waals surface area contributed by atoms with Gasteiger partial charge >= 0.3 is 0 Å². The van der Waals surface area contributed by atoms with E-state index in [-0.39, 0.29) is 41.6 Å². The van der Waals surface area contributed by atoms with Crippen molar-refractivity contribution in [2.75, 3.05) is 13.7 Å². The summed E-state index contributed by atoms with van der Waals surface area (Å²) in [5, 5.41) is 0. The maximum Gasteiger partial charge on any atom is 0.235 e. The molecule has 1 amide bonds. The predicted molar refractivity (Wildman–Crippen MR) is 100 cm³/mol. The minimum absolute atomic E-state index is 0.0108. The maximum atomic E-state index is 15.0. The van der Waals surface area contributed by atoms with Crippen molar-refractivity contribution in [3.63, 3.8) is 0 Å². The van der Waals surface area contributed by atoms with Crippen LogP contribution < -0.4 is 10.5 Å². The van der Waals surface area contributed by atoms with Gasteiger partial charge in [0.1, 0.15) is 17.1 Å². The van der Waals surface area contributed by atoms with E-state index in [0.717, 1.165) is 6.20 Å². The monoisotopic (exact) mass is 402 g/mol. The Balaban J connectivity index is 1.81. The van der Waals surface area contributed by atoms with Gasteiger partial charge in [-0.1, -0.05) is 0 Å². The van der Waals surface area contributed by atoms with Crippen molar-refractivity contribution in [1.29, 1.82) is 0 Å². The van der Waals surface area contributed by atoms with Gasteiger partial charge in [0.05, 0.1) is 24.8 Å². The van der Waals surface area contributed by atoms with Crippen molar-refractivity contribution in [3.8, 4) is 11.5 Å². The first-order valence-corrected chi connectivity index (χ1v) is 9.13. The fraction of sp³-hybridized carbons (Fsp3) is 0.350. The molecule has 0 aliphatic carbocycles. The van der Waals surface area contributed by atoms with Crippen LogP contribution in [0.2, 0.25) is 0 Å². The van der Waals surface area contributed by atoms with Crippen LogP contribution >= 0.6 is 0 Å². The topological polar surface area (TPSA) is 90.0 Å². The third-order valence-corrected chi connectivity index (χ3v) is 5.39. The molecule has 0 radical (unpaired) electrons. The summed E-state index contributed by atoms with van der Waals surface area (Å²) in [5.41, 5.74) is 4.75. The van der Waals surface area contributed by atoms with Crippen molar-refractivity contribution >= 4 is 11.9 Å². The van der Waals surface area contributed by atoms with Crippen molar-refractivity contribution in [2.24, 2.45) is 16.6 Å². The SMILES string of the molecule is C[C@H]1C[C@H]2C(=O)N(C)C(N)=N[C@@]2(c2cc(Oc3ccncc3F)ccc2F)CO1. The Morgan fingerprint density at radius 2 is 2.10 bits per heavy atom. The van der Waals surface area contributed by atoms with Crippen LogP contribution in [0.3, 0.4) is 0 Å². The second kappa shape index (κ2) is 7.07. The van der Waals surface area contributed by atoms with E-state index in [1.807, 2.05) is 6.92 Å². The molecule has 7 nitrogen and oxygen atoms in total. The second-order valence-corrected chi connectivity index (χ2v) is 7.25. The zero-order valence-electron chi connectivity index (χ0n) is 15.9. The average molecular weight is 402 g/mol. The van der Waals surface area contributed by atoms with Crippen molar-refractivity contribution < 1.29 is 23.0 Å². The first kappa shape index (κ1) is 19.3. The number of aliphatic imine (C=N–C) groups is 1. The number of carbonyl (C=O) groups is 1. The highest BCUT2D eigenvalue weighted by molar-refractivity contribution is 6.00. The number of benzene rings is 1. The molecule has 9 heteroatoms. The lowest BCUT2D eigenvalue weighted by Crippen LogP contribution is -2.59. The van der Waals surface area contributed by atoms with Gasteiger partial charge in [0, 0.05) is 24.9 Å². The number of nitrogens with two attached hydrogens (primary N) is 1. The molecule has 3 atom stereocenters. The fourth-order valence-corrected chi connectivity index (χ4v) is 3.80. The Hall–Kier alpha value is -3.07. The lowest BCUT2D eigenvalue weighted by atomic mass is 9.72. The highest BCUT2D eigenvalue weighted by Crippen LogP contribution is 2.46. The molecule has 1 saturated heterocycles. The van der Waals surface area contributed by atoms with Gasteiger partial charge in [0.15, 0.2) is 17.5 Å². The molecule has 0 saturated carbocycles. The van der Waals surface area contributed by atoms with Crippen molar-refractivity contribution in [2.45, 2.75) is 25.0 Å². The molecule has 1 aromatic carbocycles. The van der Waals surface area contributed by atoms with E-state index >= 15 is 0 Å². The van der Waals surface area contributed by atoms with Crippen LogP contribution in [-0.4, -0.2) is 41.5 Å². The standard InChI is InChI=1S/C20H20F2N4O3/c1-11-7-14-18(27)26(2)19(23)25-20(14,10-28-11)13-8-12(3-4-15(13)21)29-17-5-6-24-9-16(17)22/h3-6,8-9,11,14H,7,10H2,1-2H3,(H2,23,25)/t11-,14-,20+/m0/s1. The molecular formula is C20H20F2N4O3. The van der Waals surface area contributed by atoms with Crippen molar-refractivity contribution in [1.82, 2.24) is 9.88 Å². The van der Waals surface area contributed by atoms with Crippen LogP contribution in [0.5, 0.6) is 11.5 Å². The Bertz CT molecular complexity index is 999. The van der Waals surface area contributed by atoms with E-state index in [0.29, 0.717) is 6.42 Å². The number of carbonyl (C=O) groups excluding carboxylic acids is 1. The summed E-state index contributed by atoms with van der Waals surface area (Å²) in [6.07, 6.45) is 2.58. The molecule has 1 fully saturated rings. The summed E-state index contributed by atoms with van der Waals surface area (Å²) >= 11 is 0. The number of guanidine groups is 1. The summed E-state index contributed by atoms with van der Waals surface area (Å²) in [6, 6.07) is 5.35. The highest BCUT2D eigenvalue weighted by atomic mass is 19.1. The number of nitrogens with zero attached hydrogens (tertiary/aromatic N) is 3. The molecule has 2 aliphatic rings. The Labute approximate surface area is 166 Å². The number of pyridine rings is 1. The van der Waals surface area contributed by atoms with Gasteiger partial charge in [-0.05, 0) is 31.5 Å². The van der Waals surface area contributed by atoms with Gasteiger partial charge in [0.25, 0.3) is 0 Å². The minimum atomic E-state index is -1.32. The van der Waals surface area contributed by atoms with Gasteiger partial charge in [-0.25, -0.2) is 13.8 Å². The molecule has 2 aromatic rings. The summed E-state index contributed by atoms with van der Waals surface area (Å²) in [5.74, 6) is -2.01. The van der Waals surface area contributed by atoms with Gasteiger partial charge in [-0.15, -0.1) is 0 Å². The van der Waals surface area contributed by atoms with Crippen molar-refractivity contribution in [3.05, 3.63) is 53.9 Å². The highest BCUT2D eigenvalue weighted by Gasteiger charge is 2.54. The molecular weight excluding hydrogens is 382 g/mol. The Morgan fingerprint density at radius 1 is 1.31 bits per heavy atom. The smallest absolute Gasteiger partial charge is 0.235 e. The normalized spacial score (nSPS) is 26.7. The van der Waals surface area contributed by atoms with E-state index < -0.39 is 23.1 Å². The second-order valence-electron chi connectivity index (χ2n) is 7.25. The molecule has 2 N–H and O–H groups in total. The summed E-state index contributed by atoms with van der Waals surface area (Å²) in [6.45, 7) is 1.84. The van der Waals surface area contributed by atoms with Crippen LogP contribution in [-0.2, 0) is 15.1 Å². The number of amides is 1. The summed E-state index contributed by atoms with van der Waals surface area (Å²) in [4.78, 5) is 22.4. The third-order valence-electron chi connectivity index (χ3n) is 5.39. The number of fused-ring (bicyclic) bond motifs is 1. The molecule has 3 heterocycles. The molecule has 1 aromatic heterocycles. The molecule has 29 heavy (non-hydrogen) atoms. The number of aromatic nitrogens is 1. The van der Waals surface area contributed by atoms with Gasteiger partial charge < -0.3 is 15.2 Å². The van der Waals surface area contributed by atoms with E-state index in [9.17, 15) is 13.6 Å². The molecule has 0 spiro atoms. The number of hydrogen-bond donors (Lipinski definition) is 1. The maximum absolute atomic E-state index is 15.0. The number of rotatable bonds is 3. The van der Waals surface area contributed by atoms with Gasteiger partial charge in [-0.2, -0.15) is 0 Å². The minimum Gasteiger partial charge on any atom is -0.454 e. The third kappa shape index (κ3) is 3.21. The molecule has 0 unspecified atom stereocenters. The lowest BCUT2D eigenvalue weighted by Gasteiger charge is -2.46. The van der Waals surface area contributed by atoms with Crippen LogP contribution in [0.15, 0.2) is 41.7 Å². The Morgan fingerprint density at radius 3 is 2.86 bits per heavy atom. The molecule has 4 rings (SSSR count). The number of ether oxygens (including phenoxy) is 2. The molecule has 2 aliphatic heterocycles. The summed E-state index contributed by atoms with van der Waals surface area (Å²) < 4.78 is 40.2. The summed E-state index contributed by atoms with van der Waals surface area (Å²) in [7, 11) is 1.54. The lowest BCUT2D eigenvalue weighted by molar-refractivity contribution is -0.144. The van der Waals surface area contributed by atoms with Crippen LogP contribution in [0.25, 0.3) is 0 Å². The zero-order valence-corrected chi connectivity index (χ0v) is 15.9. The van der Waals surface area contributed by atoms with E-state index in [1.165, 1.54) is 42.4 Å². The van der Waals surface area contributed by atoms with E-state index in [1.54, 1.807) is 0 Å². The zero-order chi connectivity index (χ0) is 20.8. The van der Waals surface area contributed by atoms with Crippen LogP contribution in [0.1, 0.15) is 18.9 Å². The first-order valence-electron chi connectivity index (χ1n) is 9.13. The average Bonchev–Trinajstić information content (AvgIpc) is 2.70. The van der Waals surface area contributed by atoms with Gasteiger partial charge in [0.2, 0.25) is 5.91 Å². The molecule has 152 valence electrons. The van der Waals surface area contributed by atoms with Gasteiger partial charge in [-0.3, -0.25) is 14.7 Å². The van der Waals surface area contributed by atoms with E-state index in [2.05, 4.69) is 9.98 Å². The first-order chi connectivity index (χ1) is 13.8. The Kier molecular flexibility index (Phi) is 4.70. The quantitative estimate of drug-likeness (QED) is 0.852. The predicted octanol–water partition coefficient (Wildman–Crippen LogP) is 2.56. The largest absolute Gasteiger partial charge is 0.454 e. The van der Waals surface area contributed by atoms with E-state index in [4.69, 9.17) is 15.2 Å². The fourth-order valence-electron chi connectivity index (χ4n) is 3.80. The number of hydrogen-bond acceptors (Lipinski definition) is 6. The van der Waals surface area contributed by atoms with Crippen LogP contribution in [0, 0.1) is 17.6 Å². The van der Waals surface area contributed by atoms with Crippen LogP contribution in [0.4, 0.5) is 8.78 Å². The number of halogens is 2.